The molecule has 5 N–H and O–H groups in total. The molecular formula is C43H49NO16. The maximum absolute atomic E-state index is 14.4. The van der Waals surface area contributed by atoms with E-state index in [0.717, 1.165) is 6.08 Å². The van der Waals surface area contributed by atoms with Crippen LogP contribution in [0.1, 0.15) is 106 Å². The molecule has 1 aromatic rings. The fourth-order valence-electron chi connectivity index (χ4n) is 10.1. The Kier molecular flexibility index (Phi) is 10.0. The van der Waals surface area contributed by atoms with Crippen molar-refractivity contribution < 1.29 is 77.2 Å². The first-order valence-electron chi connectivity index (χ1n) is 20.5. The van der Waals surface area contributed by atoms with Gasteiger partial charge in [0.25, 0.3) is 0 Å². The molecule has 1 aromatic carbocycles. The molecule has 0 aromatic heterocycles. The number of hydrogen-bond donors (Lipinski definition) is 4. The summed E-state index contributed by atoms with van der Waals surface area (Å²) >= 11 is 0. The van der Waals surface area contributed by atoms with E-state index in [9.17, 15) is 39.3 Å². The van der Waals surface area contributed by atoms with E-state index in [1.54, 1.807) is 34.6 Å². The van der Waals surface area contributed by atoms with Crippen LogP contribution in [0.5, 0.6) is 5.75 Å². The summed E-state index contributed by atoms with van der Waals surface area (Å²) in [5.74, 6) is -3.54. The molecule has 4 saturated heterocycles. The van der Waals surface area contributed by atoms with Gasteiger partial charge in [0.1, 0.15) is 35.8 Å². The van der Waals surface area contributed by atoms with Gasteiger partial charge >= 0.3 is 0 Å². The molecule has 15 atom stereocenters. The van der Waals surface area contributed by atoms with Crippen molar-refractivity contribution in [3.8, 4) is 5.75 Å². The number of aromatic hydroxyl groups is 1. The quantitative estimate of drug-likeness (QED) is 0.331. The zero-order valence-corrected chi connectivity index (χ0v) is 33.8. The zero-order chi connectivity index (χ0) is 42.8. The van der Waals surface area contributed by atoms with Crippen molar-refractivity contribution in [2.24, 2.45) is 5.73 Å². The average Bonchev–Trinajstić information content (AvgIpc) is 3.17. The number of carbonyl (C=O) groups excluding carboxylic acids is 5. The van der Waals surface area contributed by atoms with Crippen molar-refractivity contribution in [1.82, 2.24) is 0 Å². The van der Waals surface area contributed by atoms with Crippen molar-refractivity contribution in [3.05, 3.63) is 63.9 Å². The van der Waals surface area contributed by atoms with Gasteiger partial charge < -0.3 is 58.9 Å². The smallest absolute Gasteiger partial charge is 0.199 e. The molecule has 17 heteroatoms. The first-order valence-corrected chi connectivity index (χ1v) is 20.5. The Bertz CT molecular complexity index is 2160. The summed E-state index contributed by atoms with van der Waals surface area (Å²) in [7, 11) is 0. The minimum Gasteiger partial charge on any atom is -0.507 e. The Morgan fingerprint density at radius 1 is 0.867 bits per heavy atom. The van der Waals surface area contributed by atoms with Gasteiger partial charge in [-0.3, -0.25) is 24.0 Å². The molecule has 0 amide bonds. The maximum Gasteiger partial charge on any atom is 0.199 e. The highest BCUT2D eigenvalue weighted by Crippen LogP contribution is 2.53. The number of allylic oxidation sites excluding steroid dienone is 2. The molecule has 0 radical (unpaired) electrons. The number of carbonyl (C=O) groups is 5. The molecule has 1 saturated carbocycles. The van der Waals surface area contributed by atoms with E-state index in [2.05, 4.69) is 0 Å². The number of ketones is 5. The van der Waals surface area contributed by atoms with Crippen LogP contribution in [-0.4, -0.2) is 129 Å². The highest BCUT2D eigenvalue weighted by molar-refractivity contribution is 6.32. The molecule has 0 unspecified atom stereocenters. The Labute approximate surface area is 344 Å². The average molecular weight is 836 g/mol. The molecule has 3 aliphatic carbocycles. The Morgan fingerprint density at radius 3 is 2.38 bits per heavy atom. The lowest BCUT2D eigenvalue weighted by atomic mass is 9.57. The maximum atomic E-state index is 14.4. The number of phenols is 1. The summed E-state index contributed by atoms with van der Waals surface area (Å²) in [5.41, 5.74) is -1.72. The molecule has 5 heterocycles. The normalized spacial score (nSPS) is 44.0. The summed E-state index contributed by atoms with van der Waals surface area (Å²) in [4.78, 5) is 67.1. The van der Waals surface area contributed by atoms with Gasteiger partial charge in [0.05, 0.1) is 53.0 Å². The van der Waals surface area contributed by atoms with E-state index in [0.29, 0.717) is 12.8 Å². The van der Waals surface area contributed by atoms with Gasteiger partial charge in [-0.2, -0.15) is 0 Å². The highest BCUT2D eigenvalue weighted by atomic mass is 16.7. The van der Waals surface area contributed by atoms with Crippen LogP contribution in [0.4, 0.5) is 0 Å². The van der Waals surface area contributed by atoms with Crippen LogP contribution in [0.25, 0.3) is 0 Å². The van der Waals surface area contributed by atoms with Crippen LogP contribution in [-0.2, 0) is 52.3 Å². The summed E-state index contributed by atoms with van der Waals surface area (Å²) in [6.07, 6.45) is -4.00. The lowest BCUT2D eigenvalue weighted by Gasteiger charge is -2.53. The minimum atomic E-state index is -2.82. The van der Waals surface area contributed by atoms with Crippen LogP contribution in [0.2, 0.25) is 0 Å². The molecule has 5 aliphatic heterocycles. The Morgan fingerprint density at radius 2 is 1.63 bits per heavy atom. The van der Waals surface area contributed by atoms with E-state index in [-0.39, 0.29) is 58.8 Å². The lowest BCUT2D eigenvalue weighted by molar-refractivity contribution is -0.347. The number of rotatable bonds is 5. The third-order valence-electron chi connectivity index (χ3n) is 13.3. The van der Waals surface area contributed by atoms with Gasteiger partial charge in [-0.1, -0.05) is 12.1 Å². The number of ether oxygens (including phenoxy) is 8. The van der Waals surface area contributed by atoms with Crippen LogP contribution in [0.15, 0.2) is 47.2 Å². The lowest BCUT2D eigenvalue weighted by Crippen LogP contribution is -2.69. The summed E-state index contributed by atoms with van der Waals surface area (Å²) < 4.78 is 48.6. The van der Waals surface area contributed by atoms with Gasteiger partial charge in [0.15, 0.2) is 53.4 Å². The van der Waals surface area contributed by atoms with Gasteiger partial charge in [-0.05, 0) is 53.2 Å². The van der Waals surface area contributed by atoms with Crippen molar-refractivity contribution in [2.45, 2.75) is 164 Å². The van der Waals surface area contributed by atoms with Crippen LogP contribution in [0.3, 0.4) is 0 Å². The number of aliphatic hydroxyl groups is 2. The fraction of sp³-hybridized carbons (Fsp3) is 0.605. The van der Waals surface area contributed by atoms with Gasteiger partial charge in [-0.15, -0.1) is 0 Å². The third kappa shape index (κ3) is 6.48. The molecular weight excluding hydrogens is 786 g/mol. The van der Waals surface area contributed by atoms with Gasteiger partial charge in [0, 0.05) is 54.9 Å². The molecule has 8 aliphatic rings. The van der Waals surface area contributed by atoms with Crippen LogP contribution >= 0.6 is 0 Å². The largest absolute Gasteiger partial charge is 0.507 e. The molecule has 322 valence electrons. The first kappa shape index (κ1) is 41.3. The third-order valence-corrected chi connectivity index (χ3v) is 13.3. The predicted octanol–water partition coefficient (Wildman–Crippen LogP) is 2.01. The van der Waals surface area contributed by atoms with Crippen molar-refractivity contribution in [3.63, 3.8) is 0 Å². The molecule has 0 spiro atoms. The van der Waals surface area contributed by atoms with Crippen LogP contribution in [0, 0.1) is 0 Å². The first-order chi connectivity index (χ1) is 28.3. The van der Waals surface area contributed by atoms with E-state index in [1.807, 2.05) is 0 Å². The van der Waals surface area contributed by atoms with Crippen molar-refractivity contribution in [2.75, 3.05) is 0 Å². The fourth-order valence-corrected chi connectivity index (χ4v) is 10.1. The van der Waals surface area contributed by atoms with Gasteiger partial charge in [0.2, 0.25) is 0 Å². The number of fused-ring (bicyclic) bond motifs is 5. The molecule has 0 bridgehead atoms. The number of benzene rings is 1. The molecule has 17 nitrogen and oxygen atoms in total. The molecule has 9 rings (SSSR count). The van der Waals surface area contributed by atoms with E-state index >= 15 is 0 Å². The second kappa shape index (κ2) is 14.5. The number of nitrogens with two attached hydrogens (primary N) is 1. The Hall–Kier alpha value is -4.01. The zero-order valence-electron chi connectivity index (χ0n) is 33.8. The summed E-state index contributed by atoms with van der Waals surface area (Å²) in [6, 6.07) is 2.78. The number of hydrogen-bond acceptors (Lipinski definition) is 17. The number of phenolic OH excluding ortho intramolecular Hbond substituents is 1. The standard InChI is InChI=1S/C43H49NO16/c1-17-25(45)12-24(44)39(55-17)58-27-8-9-32(54-19(27)3)60-41(5)15-31(47)43(52)34-23(10-11-42(43,51)16-41)36(49)33-22(37(34)50)7-6-21(35(33)48)28-14-29-38(20(4)53-28)59-40-30(57-29)13-26(46)18(2)56-40/h6-7,10-12,17-20,27-30,32,38-40,48,51-52H,8-9,13-16,44H2,1-5H3/t17-,18-,19-,20+,27-,28+,29+,30-,32-,38-,39-,40-,41-,42-,43-/m0/s1. The summed E-state index contributed by atoms with van der Waals surface area (Å²) in [5, 5.41) is 36.1. The second-order valence-electron chi connectivity index (χ2n) is 17.6. The summed E-state index contributed by atoms with van der Waals surface area (Å²) in [6.45, 7) is 8.41. The SMILES string of the molecule is C[C@@H]1O[C@@H](O[C@H]2CC[C@H](O[C@@]3(C)CC(=O)[C@]4(O)C5=C(C=C[C@]4(O)C3)C(=O)c3c(ccc([C@H]4C[C@H]6O[C@H]7CC(=O)[C@H](C)O[C@H]7O[C@H]6[C@@H](C)O4)c3O)C5=O)O[C@H]2C)C(N)=CC1=O. The predicted molar refractivity (Wildman–Crippen MR) is 202 cm³/mol. The van der Waals surface area contributed by atoms with Crippen molar-refractivity contribution >= 4 is 28.9 Å². The monoisotopic (exact) mass is 835 g/mol. The molecule has 5 fully saturated rings. The van der Waals surface area contributed by atoms with E-state index in [4.69, 9.17) is 43.6 Å². The molecule has 60 heavy (non-hydrogen) atoms. The van der Waals surface area contributed by atoms with E-state index in [1.165, 1.54) is 24.3 Å². The highest BCUT2D eigenvalue weighted by Gasteiger charge is 2.67. The number of Topliss-reactive ketones (excluding diaryl/α,β-unsaturated/α-hetero) is 4. The second-order valence-corrected chi connectivity index (χ2v) is 17.6. The van der Waals surface area contributed by atoms with E-state index < -0.39 is 126 Å². The van der Waals surface area contributed by atoms with Crippen LogP contribution < -0.4 is 5.73 Å². The van der Waals surface area contributed by atoms with Gasteiger partial charge in [-0.25, -0.2) is 0 Å². The Balaban J connectivity index is 0.909. The van der Waals surface area contributed by atoms with Crippen molar-refractivity contribution in [1.29, 1.82) is 0 Å². The topological polar surface area (TPSA) is 246 Å². The minimum absolute atomic E-state index is 0.104.